The van der Waals surface area contributed by atoms with Crippen molar-refractivity contribution in [3.05, 3.63) is 66.1 Å². The van der Waals surface area contributed by atoms with Crippen molar-refractivity contribution in [1.29, 1.82) is 0 Å². The van der Waals surface area contributed by atoms with Crippen molar-refractivity contribution >= 4 is 23.5 Å². The molecular formula is C27H29FN4O5. The van der Waals surface area contributed by atoms with Crippen molar-refractivity contribution in [2.45, 2.75) is 26.9 Å². The Labute approximate surface area is 214 Å². The molecule has 37 heavy (non-hydrogen) atoms. The van der Waals surface area contributed by atoms with Gasteiger partial charge in [-0.25, -0.2) is 13.9 Å². The second kappa shape index (κ2) is 11.2. The van der Waals surface area contributed by atoms with Crippen LogP contribution in [0.2, 0.25) is 0 Å². The maximum absolute atomic E-state index is 13.5. The van der Waals surface area contributed by atoms with Gasteiger partial charge in [0, 0.05) is 44.4 Å². The Morgan fingerprint density at radius 1 is 0.973 bits per heavy atom. The normalized spacial score (nSPS) is 14.3. The number of carbonyl (C=O) groups excluding carboxylic acids is 3. The Kier molecular flexibility index (Phi) is 7.86. The highest BCUT2D eigenvalue weighted by Crippen LogP contribution is 2.27. The monoisotopic (exact) mass is 508 g/mol. The zero-order chi connectivity index (χ0) is 26.5. The van der Waals surface area contributed by atoms with Crippen LogP contribution in [0.3, 0.4) is 0 Å². The van der Waals surface area contributed by atoms with E-state index in [1.54, 1.807) is 41.6 Å². The Morgan fingerprint density at radius 2 is 1.59 bits per heavy atom. The summed E-state index contributed by atoms with van der Waals surface area (Å²) in [7, 11) is 0. The minimum atomic E-state index is -0.797. The number of carbonyl (C=O) groups is 3. The van der Waals surface area contributed by atoms with Gasteiger partial charge in [0.25, 0.3) is 5.91 Å². The summed E-state index contributed by atoms with van der Waals surface area (Å²) in [4.78, 5) is 39.9. The molecule has 2 aromatic carbocycles. The molecular weight excluding hydrogens is 479 g/mol. The second-order valence-corrected chi connectivity index (χ2v) is 8.63. The Morgan fingerprint density at radius 3 is 2.19 bits per heavy atom. The summed E-state index contributed by atoms with van der Waals surface area (Å²) >= 11 is 0. The average molecular weight is 509 g/mol. The smallest absolute Gasteiger partial charge is 0.358 e. The molecule has 0 aliphatic carbocycles. The van der Waals surface area contributed by atoms with Gasteiger partial charge < -0.3 is 19.3 Å². The lowest BCUT2D eigenvalue weighted by Gasteiger charge is -2.37. The van der Waals surface area contributed by atoms with Gasteiger partial charge in [0.05, 0.1) is 18.0 Å². The van der Waals surface area contributed by atoms with Crippen LogP contribution in [0.1, 0.15) is 31.3 Å². The van der Waals surface area contributed by atoms with Gasteiger partial charge in [-0.05, 0) is 56.3 Å². The SMILES string of the molecule is CCOC(=O)c1cc(-c2ccc(N3CCN(C(=O)[C@H](C)OC(C)=O)CC3)cc2)n(-c2ccc(F)cc2)n1. The number of aromatic nitrogens is 2. The lowest BCUT2D eigenvalue weighted by atomic mass is 10.1. The van der Waals surface area contributed by atoms with Crippen LogP contribution in [0.25, 0.3) is 16.9 Å². The minimum Gasteiger partial charge on any atom is -0.461 e. The van der Waals surface area contributed by atoms with Crippen molar-refractivity contribution in [2.24, 2.45) is 0 Å². The summed E-state index contributed by atoms with van der Waals surface area (Å²) < 4.78 is 25.2. The van der Waals surface area contributed by atoms with E-state index in [1.165, 1.54) is 19.1 Å². The summed E-state index contributed by atoms with van der Waals surface area (Å²) in [6, 6.07) is 15.3. The lowest BCUT2D eigenvalue weighted by Crippen LogP contribution is -2.51. The van der Waals surface area contributed by atoms with Crippen LogP contribution in [-0.2, 0) is 19.1 Å². The van der Waals surface area contributed by atoms with Crippen LogP contribution in [0.4, 0.5) is 10.1 Å². The van der Waals surface area contributed by atoms with E-state index in [0.717, 1.165) is 11.3 Å². The molecule has 3 aromatic rings. The van der Waals surface area contributed by atoms with Gasteiger partial charge >= 0.3 is 11.9 Å². The molecule has 1 aromatic heterocycles. The lowest BCUT2D eigenvalue weighted by molar-refractivity contribution is -0.157. The fraction of sp³-hybridized carbons (Fsp3) is 0.333. The van der Waals surface area contributed by atoms with Crippen molar-refractivity contribution in [3.63, 3.8) is 0 Å². The predicted octanol–water partition coefficient (Wildman–Crippen LogP) is 3.46. The molecule has 10 heteroatoms. The quantitative estimate of drug-likeness (QED) is 0.451. The van der Waals surface area contributed by atoms with Gasteiger partial charge in [-0.3, -0.25) is 9.59 Å². The number of hydrogen-bond donors (Lipinski definition) is 0. The molecule has 0 N–H and O–H groups in total. The number of anilines is 1. The first-order valence-electron chi connectivity index (χ1n) is 12.1. The van der Waals surface area contributed by atoms with Gasteiger partial charge in [0.15, 0.2) is 11.8 Å². The van der Waals surface area contributed by atoms with Gasteiger partial charge in [-0.15, -0.1) is 0 Å². The molecule has 0 unspecified atom stereocenters. The minimum absolute atomic E-state index is 0.161. The fourth-order valence-electron chi connectivity index (χ4n) is 4.26. The first kappa shape index (κ1) is 25.9. The van der Waals surface area contributed by atoms with E-state index in [0.29, 0.717) is 37.6 Å². The van der Waals surface area contributed by atoms with E-state index < -0.39 is 18.0 Å². The highest BCUT2D eigenvalue weighted by Gasteiger charge is 2.27. The maximum Gasteiger partial charge on any atom is 0.358 e. The standard InChI is InChI=1S/C27H29FN4O5/c1-4-36-27(35)24-17-25(32(29-24)23-11-7-21(28)8-12-23)20-5-9-22(10-6-20)30-13-15-31(16-14-30)26(34)18(2)37-19(3)33/h5-12,17-18H,4,13-16H2,1-3H3/t18-/m0/s1. The Bertz CT molecular complexity index is 1260. The number of benzene rings is 2. The molecule has 0 bridgehead atoms. The number of ether oxygens (including phenoxy) is 2. The van der Waals surface area contributed by atoms with Crippen LogP contribution in [0, 0.1) is 5.82 Å². The summed E-state index contributed by atoms with van der Waals surface area (Å²) in [6.07, 6.45) is -0.797. The Balaban J connectivity index is 1.51. The topological polar surface area (TPSA) is 94.0 Å². The van der Waals surface area contributed by atoms with E-state index in [4.69, 9.17) is 9.47 Å². The number of nitrogens with zero attached hydrogens (tertiary/aromatic N) is 4. The van der Waals surface area contributed by atoms with Gasteiger partial charge in [-0.2, -0.15) is 5.10 Å². The van der Waals surface area contributed by atoms with Crippen LogP contribution >= 0.6 is 0 Å². The van der Waals surface area contributed by atoms with Gasteiger partial charge in [0.2, 0.25) is 0 Å². The third-order valence-electron chi connectivity index (χ3n) is 6.08. The summed E-state index contributed by atoms with van der Waals surface area (Å²) in [5.74, 6) is -1.57. The third-order valence-corrected chi connectivity index (χ3v) is 6.08. The van der Waals surface area contributed by atoms with Crippen LogP contribution in [-0.4, -0.2) is 71.4 Å². The summed E-state index contributed by atoms with van der Waals surface area (Å²) in [5, 5.41) is 4.41. The molecule has 0 spiro atoms. The maximum atomic E-state index is 13.5. The molecule has 1 fully saturated rings. The number of halogens is 1. The fourth-order valence-corrected chi connectivity index (χ4v) is 4.26. The van der Waals surface area contributed by atoms with E-state index in [1.807, 2.05) is 24.3 Å². The van der Waals surface area contributed by atoms with E-state index >= 15 is 0 Å². The van der Waals surface area contributed by atoms with Crippen LogP contribution in [0.15, 0.2) is 54.6 Å². The van der Waals surface area contributed by atoms with E-state index in [-0.39, 0.29) is 24.0 Å². The molecule has 4 rings (SSSR count). The van der Waals surface area contributed by atoms with Crippen molar-refractivity contribution < 1.29 is 28.2 Å². The number of hydrogen-bond acceptors (Lipinski definition) is 7. The summed E-state index contributed by atoms with van der Waals surface area (Å²) in [6.45, 7) is 7.14. The third kappa shape index (κ3) is 5.96. The molecule has 0 saturated carbocycles. The summed E-state index contributed by atoms with van der Waals surface area (Å²) in [5.41, 5.74) is 3.24. The number of amides is 1. The zero-order valence-corrected chi connectivity index (χ0v) is 21.0. The van der Waals surface area contributed by atoms with Crippen LogP contribution < -0.4 is 4.90 Å². The largest absolute Gasteiger partial charge is 0.461 e. The molecule has 1 aliphatic rings. The van der Waals surface area contributed by atoms with E-state index in [2.05, 4.69) is 10.00 Å². The number of esters is 2. The molecule has 0 radical (unpaired) electrons. The molecule has 194 valence electrons. The number of piperazine rings is 1. The van der Waals surface area contributed by atoms with Crippen molar-refractivity contribution in [1.82, 2.24) is 14.7 Å². The molecule has 2 heterocycles. The number of rotatable bonds is 7. The average Bonchev–Trinajstić information content (AvgIpc) is 3.34. The molecule has 1 atom stereocenters. The predicted molar refractivity (Wildman–Crippen MR) is 135 cm³/mol. The Hall–Kier alpha value is -4.21. The van der Waals surface area contributed by atoms with Crippen molar-refractivity contribution in [3.8, 4) is 16.9 Å². The first-order valence-corrected chi connectivity index (χ1v) is 12.1. The van der Waals surface area contributed by atoms with E-state index in [9.17, 15) is 18.8 Å². The van der Waals surface area contributed by atoms with Crippen LogP contribution in [0.5, 0.6) is 0 Å². The van der Waals surface area contributed by atoms with Gasteiger partial charge in [0.1, 0.15) is 5.82 Å². The second-order valence-electron chi connectivity index (χ2n) is 8.63. The zero-order valence-electron chi connectivity index (χ0n) is 21.0. The molecule has 1 aliphatic heterocycles. The first-order chi connectivity index (χ1) is 17.8. The molecule has 1 amide bonds. The highest BCUT2D eigenvalue weighted by atomic mass is 19.1. The molecule has 1 saturated heterocycles. The highest BCUT2D eigenvalue weighted by molar-refractivity contribution is 5.89. The van der Waals surface area contributed by atoms with Crippen molar-refractivity contribution in [2.75, 3.05) is 37.7 Å². The molecule has 9 nitrogen and oxygen atoms in total. The van der Waals surface area contributed by atoms with Gasteiger partial charge in [-0.1, -0.05) is 12.1 Å².